The van der Waals surface area contributed by atoms with E-state index < -0.39 is 71.8 Å². The third kappa shape index (κ3) is 9.95. The highest BCUT2D eigenvalue weighted by Gasteiger charge is 2.38. The average Bonchev–Trinajstić information content (AvgIpc) is 2.85. The van der Waals surface area contributed by atoms with Crippen LogP contribution in [-0.2, 0) is 28.8 Å². The lowest BCUT2D eigenvalue weighted by molar-refractivity contribution is -0.138. The Morgan fingerprint density at radius 2 is 1.25 bits per heavy atom. The number of nitrogens with one attached hydrogen (secondary N) is 5. The summed E-state index contributed by atoms with van der Waals surface area (Å²) in [5, 5.41) is 22.2. The van der Waals surface area contributed by atoms with Crippen LogP contribution in [0.1, 0.15) is 53.0 Å². The number of rotatable bonds is 13. The molecule has 1 aromatic rings. The molecule has 6 amide bonds. The van der Waals surface area contributed by atoms with Crippen LogP contribution in [0.15, 0.2) is 30.3 Å². The lowest BCUT2D eigenvalue weighted by Crippen LogP contribution is -2.63. The Hall–Kier alpha value is -4.00. The largest absolute Gasteiger partial charge is 0.395 e. The summed E-state index contributed by atoms with van der Waals surface area (Å²) in [6.07, 6.45) is 0. The van der Waals surface area contributed by atoms with Crippen molar-refractivity contribution in [1.29, 1.82) is 0 Å². The van der Waals surface area contributed by atoms with E-state index in [1.165, 1.54) is 46.4 Å². The van der Waals surface area contributed by atoms with Gasteiger partial charge in [0.1, 0.15) is 16.6 Å². The highest BCUT2D eigenvalue weighted by atomic mass is 16.3. The fourth-order valence-electron chi connectivity index (χ4n) is 3.60. The first-order chi connectivity index (χ1) is 18.3. The lowest BCUT2D eigenvalue weighted by atomic mass is 9.95. The van der Waals surface area contributed by atoms with E-state index in [-0.39, 0.29) is 5.91 Å². The molecular weight excluding hydrogens is 520 g/mol. The molecule has 0 aliphatic carbocycles. The van der Waals surface area contributed by atoms with Crippen molar-refractivity contribution in [2.24, 2.45) is 0 Å². The van der Waals surface area contributed by atoms with Crippen LogP contribution in [0.3, 0.4) is 0 Å². The van der Waals surface area contributed by atoms with Crippen LogP contribution < -0.4 is 26.6 Å². The first kappa shape index (κ1) is 34.0. The molecule has 0 spiro atoms. The molecule has 1 aromatic carbocycles. The van der Waals surface area contributed by atoms with Crippen LogP contribution in [0.5, 0.6) is 0 Å². The van der Waals surface area contributed by atoms with Gasteiger partial charge in [0, 0.05) is 14.1 Å². The maximum Gasteiger partial charge on any atom is 0.247 e. The van der Waals surface area contributed by atoms with Crippen molar-refractivity contribution in [2.75, 3.05) is 33.8 Å². The van der Waals surface area contributed by atoms with Crippen LogP contribution >= 0.6 is 0 Å². The Bertz CT molecular complexity index is 1100. The van der Waals surface area contributed by atoms with Gasteiger partial charge < -0.3 is 36.6 Å². The highest BCUT2D eigenvalue weighted by Crippen LogP contribution is 2.17. The van der Waals surface area contributed by atoms with Crippen LogP contribution in [0.4, 0.5) is 0 Å². The molecule has 6 N–H and O–H groups in total. The second-order valence-electron chi connectivity index (χ2n) is 11.2. The van der Waals surface area contributed by atoms with E-state index in [1.54, 1.807) is 44.4 Å². The number of hydrogen-bond acceptors (Lipinski definition) is 7. The van der Waals surface area contributed by atoms with Gasteiger partial charge in [-0.1, -0.05) is 30.3 Å². The van der Waals surface area contributed by atoms with Gasteiger partial charge in [-0.3, -0.25) is 28.8 Å². The second-order valence-corrected chi connectivity index (χ2v) is 11.2. The molecular formula is C27H42N6O7. The zero-order chi connectivity index (χ0) is 30.9. The molecule has 1 rings (SSSR count). The number of hydrogen-bond donors (Lipinski definition) is 6. The molecule has 0 saturated carbocycles. The number of aliphatic hydroxyl groups is 1. The Labute approximate surface area is 234 Å². The monoisotopic (exact) mass is 562 g/mol. The van der Waals surface area contributed by atoms with Gasteiger partial charge in [0.2, 0.25) is 35.4 Å². The molecule has 0 bridgehead atoms. The van der Waals surface area contributed by atoms with E-state index in [1.807, 2.05) is 0 Å². The summed E-state index contributed by atoms with van der Waals surface area (Å²) in [4.78, 5) is 76.2. The van der Waals surface area contributed by atoms with Gasteiger partial charge in [0.05, 0.1) is 25.6 Å². The number of amides is 6. The van der Waals surface area contributed by atoms with Gasteiger partial charge in [0.25, 0.3) is 0 Å². The third-order valence-electron chi connectivity index (χ3n) is 5.95. The van der Waals surface area contributed by atoms with Crippen LogP contribution in [0, 0.1) is 0 Å². The normalized spacial score (nSPS) is 12.4. The predicted octanol–water partition coefficient (Wildman–Crippen LogP) is -1.23. The predicted molar refractivity (Wildman–Crippen MR) is 148 cm³/mol. The minimum Gasteiger partial charge on any atom is -0.395 e. The van der Waals surface area contributed by atoms with Crippen molar-refractivity contribution in [3.8, 4) is 0 Å². The van der Waals surface area contributed by atoms with Crippen molar-refractivity contribution in [1.82, 2.24) is 31.5 Å². The van der Waals surface area contributed by atoms with Crippen molar-refractivity contribution in [2.45, 2.75) is 64.1 Å². The molecule has 0 heterocycles. The molecule has 0 aliphatic heterocycles. The first-order valence-corrected chi connectivity index (χ1v) is 12.7. The topological polar surface area (TPSA) is 186 Å². The number of benzene rings is 1. The van der Waals surface area contributed by atoms with Crippen LogP contribution in [0.25, 0.3) is 0 Å². The molecule has 0 aromatic heterocycles. The van der Waals surface area contributed by atoms with E-state index in [0.717, 1.165) is 0 Å². The summed E-state index contributed by atoms with van der Waals surface area (Å²) in [7, 11) is 3.11. The Morgan fingerprint density at radius 1 is 0.725 bits per heavy atom. The van der Waals surface area contributed by atoms with Gasteiger partial charge in [-0.25, -0.2) is 0 Å². The van der Waals surface area contributed by atoms with Gasteiger partial charge in [-0.15, -0.1) is 0 Å². The zero-order valence-electron chi connectivity index (χ0n) is 24.4. The molecule has 40 heavy (non-hydrogen) atoms. The minimum atomic E-state index is -1.47. The molecule has 222 valence electrons. The SMILES string of the molecule is CN(C)C(=O)C(C)(C)NC(=O)CNC(=O)CNC(=O)C(C)(C)NC(=O)C(C)(C)NC(=O)C(CO)c1ccccc1. The van der Waals surface area contributed by atoms with Crippen LogP contribution in [-0.4, -0.2) is 95.9 Å². The number of carbonyl (C=O) groups is 6. The van der Waals surface area contributed by atoms with Crippen LogP contribution in [0.2, 0.25) is 0 Å². The maximum absolute atomic E-state index is 13.0. The summed E-state index contributed by atoms with van der Waals surface area (Å²) in [5.41, 5.74) is -3.50. The molecule has 13 nitrogen and oxygen atoms in total. The number of aliphatic hydroxyl groups excluding tert-OH is 1. The van der Waals surface area contributed by atoms with Gasteiger partial charge >= 0.3 is 0 Å². The van der Waals surface area contributed by atoms with Gasteiger partial charge in [0.15, 0.2) is 0 Å². The quantitative estimate of drug-likeness (QED) is 0.174. The average molecular weight is 563 g/mol. The maximum atomic E-state index is 13.0. The first-order valence-electron chi connectivity index (χ1n) is 12.7. The van der Waals surface area contributed by atoms with Gasteiger partial charge in [-0.2, -0.15) is 0 Å². The van der Waals surface area contributed by atoms with E-state index in [9.17, 15) is 33.9 Å². The van der Waals surface area contributed by atoms with Gasteiger partial charge in [-0.05, 0) is 47.1 Å². The van der Waals surface area contributed by atoms with E-state index in [2.05, 4.69) is 26.6 Å². The van der Waals surface area contributed by atoms with Crippen molar-refractivity contribution < 1.29 is 33.9 Å². The molecule has 0 aliphatic rings. The molecule has 0 fully saturated rings. The highest BCUT2D eigenvalue weighted by molar-refractivity contribution is 5.98. The number of likely N-dealkylation sites (N-methyl/N-ethyl adjacent to an activating group) is 1. The fraction of sp³-hybridized carbons (Fsp3) is 0.556. The third-order valence-corrected chi connectivity index (χ3v) is 5.95. The van der Waals surface area contributed by atoms with E-state index in [4.69, 9.17) is 0 Å². The molecule has 0 radical (unpaired) electrons. The molecule has 13 heteroatoms. The Kier molecular flexibility index (Phi) is 11.8. The molecule has 1 atom stereocenters. The van der Waals surface area contributed by atoms with Crippen molar-refractivity contribution in [3.63, 3.8) is 0 Å². The number of carbonyl (C=O) groups excluding carboxylic acids is 6. The smallest absolute Gasteiger partial charge is 0.247 e. The molecule has 0 saturated heterocycles. The van der Waals surface area contributed by atoms with E-state index in [0.29, 0.717) is 5.56 Å². The van der Waals surface area contributed by atoms with E-state index >= 15 is 0 Å². The van der Waals surface area contributed by atoms with Crippen molar-refractivity contribution in [3.05, 3.63) is 35.9 Å². The fourth-order valence-corrected chi connectivity index (χ4v) is 3.60. The Balaban J connectivity index is 2.63. The Morgan fingerprint density at radius 3 is 1.77 bits per heavy atom. The summed E-state index contributed by atoms with van der Waals surface area (Å²) >= 11 is 0. The minimum absolute atomic E-state index is 0.323. The summed E-state index contributed by atoms with van der Waals surface area (Å²) < 4.78 is 0. The molecule has 1 unspecified atom stereocenters. The lowest BCUT2D eigenvalue weighted by Gasteiger charge is -2.32. The standard InChI is InChI=1S/C27H42N6O7/c1-25(2,22(38)29-14-19(35)28-15-20(36)30-27(5,6)24(40)33(7)8)32-23(39)26(3,4)31-21(37)18(16-34)17-12-10-9-11-13-17/h9-13,18,34H,14-16H2,1-8H3,(H,28,35)(H,29,38)(H,30,36)(H,31,37)(H,32,39). The zero-order valence-corrected chi connectivity index (χ0v) is 24.4. The summed E-state index contributed by atoms with van der Waals surface area (Å²) in [5.74, 6) is -4.37. The summed E-state index contributed by atoms with van der Waals surface area (Å²) in [6.45, 7) is 7.49. The second kappa shape index (κ2) is 13.9. The van der Waals surface area contributed by atoms with Crippen molar-refractivity contribution >= 4 is 35.4 Å². The summed E-state index contributed by atoms with van der Waals surface area (Å²) in [6, 6.07) is 8.62. The number of nitrogens with zero attached hydrogens (tertiary/aromatic N) is 1.